The van der Waals surface area contributed by atoms with E-state index >= 15 is 0 Å². The monoisotopic (exact) mass is 286 g/mol. The number of fused-ring (bicyclic) bond motifs is 1. The van der Waals surface area contributed by atoms with Gasteiger partial charge in [-0.05, 0) is 43.8 Å². The number of benzene rings is 1. The molecule has 0 spiro atoms. The lowest BCUT2D eigenvalue weighted by molar-refractivity contribution is 0.615. The topological polar surface area (TPSA) is 49.8 Å². The molecule has 0 saturated heterocycles. The molecule has 2 heterocycles. The zero-order valence-electron chi connectivity index (χ0n) is 11.7. The Bertz CT molecular complexity index is 627. The van der Waals surface area contributed by atoms with Crippen molar-refractivity contribution in [2.45, 2.75) is 25.0 Å². The van der Waals surface area contributed by atoms with Crippen molar-refractivity contribution in [1.82, 2.24) is 15.3 Å². The Morgan fingerprint density at radius 2 is 2.20 bits per heavy atom. The number of nitrogens with one attached hydrogen (secondary N) is 2. The molecule has 2 N–H and O–H groups in total. The first-order valence-corrected chi connectivity index (χ1v) is 7.97. The summed E-state index contributed by atoms with van der Waals surface area (Å²) < 4.78 is 0. The Kier molecular flexibility index (Phi) is 3.89. The summed E-state index contributed by atoms with van der Waals surface area (Å²) in [5.74, 6) is 0.950. The summed E-state index contributed by atoms with van der Waals surface area (Å²) in [5.41, 5.74) is 4.68. The fourth-order valence-corrected chi connectivity index (χ4v) is 2.78. The molecular weight excluding hydrogens is 268 g/mol. The number of nitrogens with zero attached hydrogens (tertiary/aromatic N) is 2. The largest absolute Gasteiger partial charge is 0.340 e. The van der Waals surface area contributed by atoms with Crippen molar-refractivity contribution in [2.75, 3.05) is 18.1 Å². The Labute approximate surface area is 123 Å². The van der Waals surface area contributed by atoms with Crippen molar-refractivity contribution in [3.63, 3.8) is 0 Å². The summed E-state index contributed by atoms with van der Waals surface area (Å²) >= 11 is 1.58. The molecule has 0 atom stereocenters. The molecule has 1 aromatic carbocycles. The fourth-order valence-electron chi connectivity index (χ4n) is 2.39. The van der Waals surface area contributed by atoms with Gasteiger partial charge in [-0.15, -0.1) is 0 Å². The molecule has 1 aliphatic heterocycles. The van der Waals surface area contributed by atoms with Gasteiger partial charge in [0.15, 0.2) is 5.16 Å². The lowest BCUT2D eigenvalue weighted by atomic mass is 10.1. The summed E-state index contributed by atoms with van der Waals surface area (Å²) in [4.78, 5) is 9.24. The second-order valence-corrected chi connectivity index (χ2v) is 5.68. The van der Waals surface area contributed by atoms with Crippen molar-refractivity contribution in [3.8, 4) is 0 Å². The highest BCUT2D eigenvalue weighted by atomic mass is 32.2. The van der Waals surface area contributed by atoms with Crippen molar-refractivity contribution in [2.24, 2.45) is 0 Å². The average molecular weight is 286 g/mol. The summed E-state index contributed by atoms with van der Waals surface area (Å²) in [7, 11) is 0. The summed E-state index contributed by atoms with van der Waals surface area (Å²) in [6, 6.07) is 8.36. The van der Waals surface area contributed by atoms with E-state index in [0.717, 1.165) is 41.9 Å². The van der Waals surface area contributed by atoms with Gasteiger partial charge in [0.05, 0.1) is 5.69 Å². The molecule has 0 saturated carbocycles. The molecule has 5 heteroatoms. The second-order valence-electron chi connectivity index (χ2n) is 4.91. The molecule has 104 valence electrons. The molecule has 2 aromatic rings. The van der Waals surface area contributed by atoms with E-state index in [2.05, 4.69) is 51.8 Å². The van der Waals surface area contributed by atoms with E-state index in [1.54, 1.807) is 11.8 Å². The van der Waals surface area contributed by atoms with Crippen LogP contribution in [0.4, 0.5) is 11.5 Å². The van der Waals surface area contributed by atoms with E-state index in [0.29, 0.717) is 0 Å². The molecule has 0 fully saturated rings. The van der Waals surface area contributed by atoms with Crippen LogP contribution >= 0.6 is 11.8 Å². The maximum atomic E-state index is 4.64. The van der Waals surface area contributed by atoms with Crippen LogP contribution in [0.2, 0.25) is 0 Å². The van der Waals surface area contributed by atoms with Gasteiger partial charge in [0.25, 0.3) is 0 Å². The molecule has 1 aromatic heterocycles. The Morgan fingerprint density at radius 3 is 3.00 bits per heavy atom. The van der Waals surface area contributed by atoms with Crippen LogP contribution in [0.25, 0.3) is 0 Å². The summed E-state index contributed by atoms with van der Waals surface area (Å²) in [6.45, 7) is 3.91. The van der Waals surface area contributed by atoms with Gasteiger partial charge in [0.2, 0.25) is 0 Å². The number of hydrogen-bond acceptors (Lipinski definition) is 5. The van der Waals surface area contributed by atoms with Gasteiger partial charge < -0.3 is 10.6 Å². The van der Waals surface area contributed by atoms with E-state index in [-0.39, 0.29) is 0 Å². The number of aryl methyl sites for hydroxylation is 1. The van der Waals surface area contributed by atoms with Crippen LogP contribution in [0.1, 0.15) is 16.8 Å². The van der Waals surface area contributed by atoms with Gasteiger partial charge in [-0.2, -0.15) is 0 Å². The molecule has 0 amide bonds. The van der Waals surface area contributed by atoms with Crippen LogP contribution in [0.15, 0.2) is 29.4 Å². The van der Waals surface area contributed by atoms with Gasteiger partial charge in [-0.3, -0.25) is 0 Å². The Hall–Kier alpha value is -1.59. The van der Waals surface area contributed by atoms with E-state index in [9.17, 15) is 0 Å². The van der Waals surface area contributed by atoms with Gasteiger partial charge in [0, 0.05) is 17.8 Å². The van der Waals surface area contributed by atoms with Crippen LogP contribution < -0.4 is 10.6 Å². The van der Waals surface area contributed by atoms with Crippen molar-refractivity contribution in [3.05, 3.63) is 41.1 Å². The fraction of sp³-hybridized carbons (Fsp3) is 0.333. The smallest absolute Gasteiger partial charge is 0.189 e. The van der Waals surface area contributed by atoms with Crippen molar-refractivity contribution in [1.29, 1.82) is 0 Å². The van der Waals surface area contributed by atoms with E-state index < -0.39 is 0 Å². The highest BCUT2D eigenvalue weighted by molar-refractivity contribution is 7.98. The molecule has 4 nitrogen and oxygen atoms in total. The molecule has 0 aliphatic carbocycles. The molecule has 0 unspecified atom stereocenters. The predicted molar refractivity (Wildman–Crippen MR) is 83.7 cm³/mol. The van der Waals surface area contributed by atoms with Gasteiger partial charge in [-0.25, -0.2) is 9.97 Å². The van der Waals surface area contributed by atoms with Gasteiger partial charge in [0.1, 0.15) is 5.82 Å². The van der Waals surface area contributed by atoms with Gasteiger partial charge >= 0.3 is 0 Å². The second kappa shape index (κ2) is 5.81. The molecule has 1 aliphatic rings. The van der Waals surface area contributed by atoms with Crippen LogP contribution in [-0.4, -0.2) is 22.8 Å². The first-order valence-electron chi connectivity index (χ1n) is 6.74. The minimum atomic E-state index is 0.822. The number of aromatic nitrogens is 2. The van der Waals surface area contributed by atoms with E-state index in [1.165, 1.54) is 11.1 Å². The Balaban J connectivity index is 1.99. The maximum absolute atomic E-state index is 4.64. The van der Waals surface area contributed by atoms with E-state index in [1.807, 2.05) is 6.26 Å². The van der Waals surface area contributed by atoms with E-state index in [4.69, 9.17) is 0 Å². The van der Waals surface area contributed by atoms with Crippen LogP contribution in [0, 0.1) is 6.92 Å². The summed E-state index contributed by atoms with van der Waals surface area (Å²) in [6.07, 6.45) is 2.98. The van der Waals surface area contributed by atoms with Crippen molar-refractivity contribution < 1.29 is 0 Å². The predicted octanol–water partition coefficient (Wildman–Crippen LogP) is 2.90. The number of anilines is 2. The molecular formula is C15H18N4S. The number of thioether (sulfide) groups is 1. The van der Waals surface area contributed by atoms with Gasteiger partial charge in [-0.1, -0.05) is 23.9 Å². The SMILES string of the molecule is CSc1nc2c(c(Nc3cccc(C)c3)n1)CCNC2. The highest BCUT2D eigenvalue weighted by Crippen LogP contribution is 2.26. The van der Waals surface area contributed by atoms with Crippen LogP contribution in [0.5, 0.6) is 0 Å². The third-order valence-electron chi connectivity index (χ3n) is 3.38. The first-order chi connectivity index (χ1) is 9.76. The van der Waals surface area contributed by atoms with Crippen molar-refractivity contribution >= 4 is 23.3 Å². The minimum absolute atomic E-state index is 0.822. The highest BCUT2D eigenvalue weighted by Gasteiger charge is 2.17. The average Bonchev–Trinajstić information content (AvgIpc) is 2.47. The first kappa shape index (κ1) is 13.4. The molecule has 0 radical (unpaired) electrons. The normalized spacial score (nSPS) is 13.9. The minimum Gasteiger partial charge on any atom is -0.340 e. The lowest BCUT2D eigenvalue weighted by Gasteiger charge is -2.20. The molecule has 3 rings (SSSR count). The Morgan fingerprint density at radius 1 is 1.30 bits per heavy atom. The van der Waals surface area contributed by atoms with Crippen LogP contribution in [-0.2, 0) is 13.0 Å². The third-order valence-corrected chi connectivity index (χ3v) is 3.93. The number of hydrogen-bond donors (Lipinski definition) is 2. The quantitative estimate of drug-likeness (QED) is 0.671. The lowest BCUT2D eigenvalue weighted by Crippen LogP contribution is -2.26. The number of rotatable bonds is 3. The molecule has 0 bridgehead atoms. The van der Waals surface area contributed by atoms with Crippen LogP contribution in [0.3, 0.4) is 0 Å². The molecule has 20 heavy (non-hydrogen) atoms. The zero-order valence-corrected chi connectivity index (χ0v) is 12.5. The third kappa shape index (κ3) is 2.78. The standard InChI is InChI=1S/C15H18N4S/c1-10-4-3-5-11(8-10)17-14-12-6-7-16-9-13(12)18-15(19-14)20-2/h3-5,8,16H,6-7,9H2,1-2H3,(H,17,18,19). The maximum Gasteiger partial charge on any atom is 0.189 e. The summed E-state index contributed by atoms with van der Waals surface area (Å²) in [5, 5.41) is 7.64. The zero-order chi connectivity index (χ0) is 13.9.